The first kappa shape index (κ1) is 32.5. The lowest BCUT2D eigenvalue weighted by Crippen LogP contribution is -2.50. The number of carbonyl (C=O) groups is 2. The van der Waals surface area contributed by atoms with E-state index in [1.54, 1.807) is 6.07 Å². The van der Waals surface area contributed by atoms with Gasteiger partial charge in [-0.05, 0) is 91.5 Å². The third-order valence-corrected chi connectivity index (χ3v) is 10.9. The second-order valence-corrected chi connectivity index (χ2v) is 14.0. The van der Waals surface area contributed by atoms with Crippen LogP contribution in [0.5, 0.6) is 5.75 Å². The first-order valence-electron chi connectivity index (χ1n) is 16.4. The van der Waals surface area contributed by atoms with Crippen molar-refractivity contribution in [2.45, 2.75) is 69.0 Å². The molecule has 2 aromatic rings. The van der Waals surface area contributed by atoms with Crippen LogP contribution in [0.4, 0.5) is 5.69 Å². The van der Waals surface area contributed by atoms with Gasteiger partial charge in [0.05, 0.1) is 19.4 Å². The number of nitrogens with zero attached hydrogens (tertiary/aromatic N) is 2. The molecule has 0 radical (unpaired) electrons. The van der Waals surface area contributed by atoms with Gasteiger partial charge >= 0.3 is 11.9 Å². The van der Waals surface area contributed by atoms with Gasteiger partial charge in [-0.15, -0.1) is 0 Å². The van der Waals surface area contributed by atoms with Gasteiger partial charge in [0.15, 0.2) is 5.60 Å². The molecule has 8 nitrogen and oxygen atoms in total. The number of aryl methyl sites for hydroxylation is 1. The lowest BCUT2D eigenvalue weighted by atomic mass is 9.68. The van der Waals surface area contributed by atoms with Gasteiger partial charge in [-0.1, -0.05) is 36.4 Å². The number of benzene rings is 2. The van der Waals surface area contributed by atoms with Crippen molar-refractivity contribution >= 4 is 29.2 Å². The maximum absolute atomic E-state index is 13.3. The fourth-order valence-corrected chi connectivity index (χ4v) is 8.11. The Kier molecular flexibility index (Phi) is 9.14. The Balaban J connectivity index is 1.47. The molecule has 6 rings (SSSR count). The predicted octanol–water partition coefficient (Wildman–Crippen LogP) is 5.93. The van der Waals surface area contributed by atoms with Crippen molar-refractivity contribution in [3.8, 4) is 5.75 Å². The number of fused-ring (bicyclic) bond motifs is 4. The molecule has 46 heavy (non-hydrogen) atoms. The van der Waals surface area contributed by atoms with Crippen molar-refractivity contribution < 1.29 is 28.9 Å². The topological polar surface area (TPSA) is 88.5 Å². The molecule has 5 atom stereocenters. The Bertz CT molecular complexity index is 1540. The number of esters is 2. The molecule has 1 fully saturated rings. The first-order chi connectivity index (χ1) is 22.0. The summed E-state index contributed by atoms with van der Waals surface area (Å²) < 4.78 is 17.7. The highest BCUT2D eigenvalue weighted by Crippen LogP contribution is 2.48. The second kappa shape index (κ2) is 13.0. The fraction of sp³-hybridized carbons (Fsp3) is 0.514. The zero-order valence-electron chi connectivity index (χ0n) is 27.1. The van der Waals surface area contributed by atoms with Crippen molar-refractivity contribution in [3.05, 3.63) is 82.5 Å². The maximum Gasteiger partial charge on any atom is 0.342 e. The lowest BCUT2D eigenvalue weighted by Gasteiger charge is -2.46. The Hall–Kier alpha value is -3.49. The number of halogens is 1. The Morgan fingerprint density at radius 1 is 1.17 bits per heavy atom. The zero-order valence-corrected chi connectivity index (χ0v) is 27.9. The monoisotopic (exact) mass is 648 g/mol. The average Bonchev–Trinajstić information content (AvgIpc) is 3.16. The Morgan fingerprint density at radius 2 is 2.00 bits per heavy atom. The van der Waals surface area contributed by atoms with Gasteiger partial charge in [-0.25, -0.2) is 4.79 Å². The largest absolute Gasteiger partial charge is 0.490 e. The van der Waals surface area contributed by atoms with Crippen molar-refractivity contribution in [3.63, 3.8) is 0 Å². The molecular weight excluding hydrogens is 604 g/mol. The highest BCUT2D eigenvalue weighted by Gasteiger charge is 2.46. The third-order valence-electron chi connectivity index (χ3n) is 10.6. The van der Waals surface area contributed by atoms with E-state index in [1.807, 2.05) is 36.2 Å². The van der Waals surface area contributed by atoms with Gasteiger partial charge in [0.25, 0.3) is 0 Å². The Morgan fingerprint density at radius 3 is 2.74 bits per heavy atom. The molecule has 1 spiro atoms. The molecule has 246 valence electrons. The smallest absolute Gasteiger partial charge is 0.342 e. The number of rotatable bonds is 2. The number of methoxy groups -OCH3 is 1. The summed E-state index contributed by atoms with van der Waals surface area (Å²) in [5, 5.41) is 12.8. The minimum atomic E-state index is -1.94. The van der Waals surface area contributed by atoms with Crippen molar-refractivity contribution in [2.75, 3.05) is 45.3 Å². The van der Waals surface area contributed by atoms with Crippen LogP contribution in [0.2, 0.25) is 5.02 Å². The van der Waals surface area contributed by atoms with E-state index < -0.39 is 11.6 Å². The molecule has 0 aromatic heterocycles. The third kappa shape index (κ3) is 6.14. The van der Waals surface area contributed by atoms with E-state index in [0.29, 0.717) is 49.7 Å². The molecule has 2 heterocycles. The average molecular weight is 649 g/mol. The minimum Gasteiger partial charge on any atom is -0.490 e. The molecule has 2 aliphatic carbocycles. The maximum atomic E-state index is 13.3. The highest BCUT2D eigenvalue weighted by atomic mass is 35.5. The van der Waals surface area contributed by atoms with Crippen LogP contribution >= 0.6 is 11.6 Å². The second-order valence-electron chi connectivity index (χ2n) is 13.6. The van der Waals surface area contributed by atoms with Crippen LogP contribution in [0.3, 0.4) is 0 Å². The standard InChI is InChI=1S/C37H45ClN2O6/c1-24-20-37(43,35(42)44-4)28-11-15-34-32(19-28)40(22-36(23-45-34)16-7-8-26-18-29(38)12-14-31(26)36)21-27-10-13-30(27)33(46-25(2)41)9-5-6-17-39(24)3/h5,9,11-12,14-15,18-19,27,30,33,43H,1,6-8,10,13,16-17,20-23H2,2-4H3/b9-5+/t27-,30+,33-,36-,37+/m0/s1. The van der Waals surface area contributed by atoms with Crippen LogP contribution in [0.15, 0.2) is 60.8 Å². The van der Waals surface area contributed by atoms with E-state index in [-0.39, 0.29) is 35.7 Å². The van der Waals surface area contributed by atoms with E-state index >= 15 is 0 Å². The molecule has 2 aliphatic heterocycles. The van der Waals surface area contributed by atoms with E-state index in [1.165, 1.54) is 25.2 Å². The molecule has 1 saturated carbocycles. The molecule has 9 heteroatoms. The SMILES string of the molecule is C=C1C[C@](O)(C(=O)OC)c2ccc3c(c2)N(C[C@@H]2CC[C@H]2[C@@H](OC(C)=O)/C=C/CCN1C)C[C@@]1(CCCc2cc(Cl)ccc21)CO3. The van der Waals surface area contributed by atoms with Gasteiger partial charge in [-0.3, -0.25) is 4.79 Å². The summed E-state index contributed by atoms with van der Waals surface area (Å²) in [4.78, 5) is 29.8. The number of ether oxygens (including phenoxy) is 3. The van der Waals surface area contributed by atoms with Gasteiger partial charge in [0.1, 0.15) is 11.9 Å². The van der Waals surface area contributed by atoms with Crippen molar-refractivity contribution in [1.82, 2.24) is 4.90 Å². The Labute approximate surface area is 276 Å². The quantitative estimate of drug-likeness (QED) is 0.317. The number of hydrogen-bond acceptors (Lipinski definition) is 8. The van der Waals surface area contributed by atoms with E-state index in [4.69, 9.17) is 25.8 Å². The molecule has 0 unspecified atom stereocenters. The van der Waals surface area contributed by atoms with Crippen LogP contribution in [0.25, 0.3) is 0 Å². The minimum absolute atomic E-state index is 0.0294. The van der Waals surface area contributed by atoms with Gasteiger partial charge in [0.2, 0.25) is 0 Å². The zero-order chi connectivity index (χ0) is 32.6. The molecule has 2 aromatic carbocycles. The molecule has 4 aliphatic rings. The van der Waals surface area contributed by atoms with Crippen LogP contribution in [0.1, 0.15) is 62.1 Å². The summed E-state index contributed by atoms with van der Waals surface area (Å²) in [6.45, 7) is 8.22. The molecule has 0 saturated heterocycles. The molecule has 2 bridgehead atoms. The first-order valence-corrected chi connectivity index (χ1v) is 16.8. The van der Waals surface area contributed by atoms with Crippen LogP contribution in [-0.4, -0.2) is 68.4 Å². The number of aliphatic hydroxyl groups is 1. The molecular formula is C37H45ClN2O6. The van der Waals surface area contributed by atoms with Crippen LogP contribution in [0, 0.1) is 11.8 Å². The summed E-state index contributed by atoms with van der Waals surface area (Å²) in [6.07, 6.45) is 9.39. The number of hydrogen-bond donors (Lipinski definition) is 1. The van der Waals surface area contributed by atoms with Gasteiger partial charge < -0.3 is 29.1 Å². The van der Waals surface area contributed by atoms with Gasteiger partial charge in [0, 0.05) is 62.1 Å². The van der Waals surface area contributed by atoms with Crippen molar-refractivity contribution in [1.29, 1.82) is 0 Å². The number of anilines is 1. The molecule has 1 N–H and O–H groups in total. The molecule has 0 amide bonds. The van der Waals surface area contributed by atoms with Crippen molar-refractivity contribution in [2.24, 2.45) is 11.8 Å². The van der Waals surface area contributed by atoms with E-state index in [0.717, 1.165) is 42.8 Å². The lowest BCUT2D eigenvalue weighted by molar-refractivity contribution is -0.164. The summed E-state index contributed by atoms with van der Waals surface area (Å²) in [6, 6.07) is 11.7. The van der Waals surface area contributed by atoms with Crippen LogP contribution in [-0.2, 0) is 36.5 Å². The van der Waals surface area contributed by atoms with E-state index in [9.17, 15) is 14.7 Å². The predicted molar refractivity (Wildman–Crippen MR) is 178 cm³/mol. The fourth-order valence-electron chi connectivity index (χ4n) is 7.92. The summed E-state index contributed by atoms with van der Waals surface area (Å²) in [5.41, 5.74) is 2.17. The van der Waals surface area contributed by atoms with E-state index in [2.05, 4.69) is 29.7 Å². The normalized spacial score (nSPS) is 30.2. The summed E-state index contributed by atoms with van der Waals surface area (Å²) in [5.74, 6) is 0.137. The summed E-state index contributed by atoms with van der Waals surface area (Å²) in [7, 11) is 3.19. The highest BCUT2D eigenvalue weighted by molar-refractivity contribution is 6.30. The number of carbonyl (C=O) groups excluding carboxylic acids is 2. The summed E-state index contributed by atoms with van der Waals surface area (Å²) >= 11 is 6.44. The van der Waals surface area contributed by atoms with Crippen LogP contribution < -0.4 is 9.64 Å². The van der Waals surface area contributed by atoms with Gasteiger partial charge in [-0.2, -0.15) is 0 Å².